The maximum Gasteiger partial charge on any atom is 0.410 e. The van der Waals surface area contributed by atoms with Gasteiger partial charge in [-0.3, -0.25) is 4.90 Å². The third kappa shape index (κ3) is 7.60. The van der Waals surface area contributed by atoms with Crippen molar-refractivity contribution in [3.8, 4) is 0 Å². The van der Waals surface area contributed by atoms with Gasteiger partial charge in [0, 0.05) is 16.8 Å². The third-order valence-electron chi connectivity index (χ3n) is 3.99. The second-order valence-electron chi connectivity index (χ2n) is 6.15. The predicted octanol–water partition coefficient (Wildman–Crippen LogP) is 4.44. The summed E-state index contributed by atoms with van der Waals surface area (Å²) in [5.41, 5.74) is 0. The average molecular weight is 410 g/mol. The summed E-state index contributed by atoms with van der Waals surface area (Å²) in [5.74, 6) is 0. The molecule has 0 fully saturated rings. The number of hydrogen-bond donors (Lipinski definition) is 2. The van der Waals surface area contributed by atoms with E-state index in [1.165, 1.54) is 0 Å². The molecule has 0 spiro atoms. The minimum Gasteiger partial charge on any atom is -0.447 e. The number of amides is 3. The lowest BCUT2D eigenvalue weighted by Crippen LogP contribution is -2.44. The molecule has 2 heterocycles. The second-order valence-corrected chi connectivity index (χ2v) is 8.22. The Bertz CT molecular complexity index is 638. The van der Waals surface area contributed by atoms with Gasteiger partial charge in [0.2, 0.25) is 0 Å². The maximum atomic E-state index is 12.7. The molecule has 2 aromatic rings. The summed E-state index contributed by atoms with van der Waals surface area (Å²) in [4.78, 5) is 28.2. The number of hydrogen-bond acceptors (Lipinski definition) is 5. The highest BCUT2D eigenvalue weighted by molar-refractivity contribution is 7.10. The van der Waals surface area contributed by atoms with Gasteiger partial charge in [0.15, 0.2) is 0 Å². The Morgan fingerprint density at radius 1 is 1.15 bits per heavy atom. The number of rotatable bonds is 10. The Kier molecular flexibility index (Phi) is 9.13. The summed E-state index contributed by atoms with van der Waals surface area (Å²) < 4.78 is 5.56. The molecule has 3 amide bonds. The number of thiophene rings is 2. The van der Waals surface area contributed by atoms with Crippen molar-refractivity contribution in [1.29, 1.82) is 0 Å². The molecular formula is C19H27N3O3S2. The van der Waals surface area contributed by atoms with Gasteiger partial charge in [-0.15, -0.1) is 22.7 Å². The van der Waals surface area contributed by atoms with E-state index in [1.807, 2.05) is 35.0 Å². The van der Waals surface area contributed by atoms with Crippen LogP contribution in [-0.2, 0) is 17.8 Å². The van der Waals surface area contributed by atoms with Crippen LogP contribution < -0.4 is 10.6 Å². The van der Waals surface area contributed by atoms with Crippen LogP contribution in [0.2, 0.25) is 0 Å². The van der Waals surface area contributed by atoms with Crippen LogP contribution in [-0.4, -0.2) is 36.7 Å². The van der Waals surface area contributed by atoms with Gasteiger partial charge in [-0.05, 0) is 29.3 Å². The fourth-order valence-electron chi connectivity index (χ4n) is 2.53. The van der Waals surface area contributed by atoms with E-state index in [1.54, 1.807) is 34.6 Å². The quantitative estimate of drug-likeness (QED) is 0.610. The van der Waals surface area contributed by atoms with Crippen molar-refractivity contribution in [3.05, 3.63) is 44.8 Å². The second kappa shape index (κ2) is 11.6. The number of unbranched alkanes of at least 4 members (excludes halogenated alkanes) is 1. The number of nitrogens with zero attached hydrogens (tertiary/aromatic N) is 1. The van der Waals surface area contributed by atoms with Gasteiger partial charge in [0.1, 0.15) is 6.61 Å². The molecule has 0 aromatic carbocycles. The van der Waals surface area contributed by atoms with Crippen LogP contribution in [0, 0.1) is 0 Å². The van der Waals surface area contributed by atoms with Crippen molar-refractivity contribution < 1.29 is 14.3 Å². The lowest BCUT2D eigenvalue weighted by atomic mass is 10.1. The van der Waals surface area contributed by atoms with Crippen LogP contribution in [0.3, 0.4) is 0 Å². The van der Waals surface area contributed by atoms with E-state index in [2.05, 4.69) is 17.6 Å². The SMILES string of the molecule is CCCC[C@@H](COC(=O)N(Cc1cccs1)Cc1cccs1)NC(=O)NC. The van der Waals surface area contributed by atoms with E-state index in [-0.39, 0.29) is 24.8 Å². The first-order chi connectivity index (χ1) is 13.1. The molecule has 0 unspecified atom stereocenters. The summed E-state index contributed by atoms with van der Waals surface area (Å²) in [6.07, 6.45) is 2.38. The minimum atomic E-state index is -0.364. The van der Waals surface area contributed by atoms with Gasteiger partial charge in [-0.25, -0.2) is 9.59 Å². The summed E-state index contributed by atoms with van der Waals surface area (Å²) >= 11 is 3.23. The highest BCUT2D eigenvalue weighted by atomic mass is 32.1. The smallest absolute Gasteiger partial charge is 0.410 e. The molecule has 0 aliphatic carbocycles. The summed E-state index contributed by atoms with van der Waals surface area (Å²) in [7, 11) is 1.57. The van der Waals surface area contributed by atoms with Crippen molar-refractivity contribution in [2.75, 3.05) is 13.7 Å². The van der Waals surface area contributed by atoms with Gasteiger partial charge in [-0.2, -0.15) is 0 Å². The molecule has 0 saturated heterocycles. The van der Waals surface area contributed by atoms with E-state index in [0.29, 0.717) is 13.1 Å². The van der Waals surface area contributed by atoms with Crippen LogP contribution >= 0.6 is 22.7 Å². The number of ether oxygens (including phenoxy) is 1. The lowest BCUT2D eigenvalue weighted by molar-refractivity contribution is 0.0881. The Morgan fingerprint density at radius 2 is 1.78 bits per heavy atom. The topological polar surface area (TPSA) is 70.7 Å². The van der Waals surface area contributed by atoms with E-state index in [0.717, 1.165) is 29.0 Å². The van der Waals surface area contributed by atoms with Gasteiger partial charge in [-0.1, -0.05) is 31.9 Å². The molecule has 2 rings (SSSR count). The molecule has 8 heteroatoms. The molecule has 148 valence electrons. The predicted molar refractivity (Wildman–Crippen MR) is 110 cm³/mol. The summed E-state index contributed by atoms with van der Waals surface area (Å²) in [5, 5.41) is 9.38. The zero-order valence-corrected chi connectivity index (χ0v) is 17.4. The minimum absolute atomic E-state index is 0.164. The van der Waals surface area contributed by atoms with Gasteiger partial charge in [0.05, 0.1) is 19.1 Å². The molecule has 6 nitrogen and oxygen atoms in total. The summed E-state index contributed by atoms with van der Waals surface area (Å²) in [6.45, 7) is 3.28. The molecule has 0 aliphatic heterocycles. The highest BCUT2D eigenvalue weighted by Gasteiger charge is 2.20. The average Bonchev–Trinajstić information content (AvgIpc) is 3.37. The lowest BCUT2D eigenvalue weighted by Gasteiger charge is -2.23. The van der Waals surface area contributed by atoms with Crippen molar-refractivity contribution in [1.82, 2.24) is 15.5 Å². The van der Waals surface area contributed by atoms with E-state index in [4.69, 9.17) is 4.74 Å². The number of nitrogens with one attached hydrogen (secondary N) is 2. The zero-order chi connectivity index (χ0) is 19.5. The Morgan fingerprint density at radius 3 is 2.26 bits per heavy atom. The number of carbonyl (C=O) groups excluding carboxylic acids is 2. The monoisotopic (exact) mass is 409 g/mol. The van der Waals surface area contributed by atoms with Crippen LogP contribution in [0.25, 0.3) is 0 Å². The number of urea groups is 1. The maximum absolute atomic E-state index is 12.7. The van der Waals surface area contributed by atoms with E-state index >= 15 is 0 Å². The van der Waals surface area contributed by atoms with Gasteiger partial charge >= 0.3 is 12.1 Å². The van der Waals surface area contributed by atoms with Crippen molar-refractivity contribution >= 4 is 34.8 Å². The standard InChI is InChI=1S/C19H27N3O3S2/c1-3-4-7-15(21-18(23)20-2)14-25-19(24)22(12-16-8-5-10-26-16)13-17-9-6-11-27-17/h5-6,8-11,15H,3-4,7,12-14H2,1-2H3,(H2,20,21,23)/t15-/m0/s1. The Hall–Kier alpha value is -2.06. The van der Waals surface area contributed by atoms with E-state index < -0.39 is 0 Å². The number of carbonyl (C=O) groups is 2. The molecule has 27 heavy (non-hydrogen) atoms. The van der Waals surface area contributed by atoms with Crippen LogP contribution in [0.4, 0.5) is 9.59 Å². The first-order valence-corrected chi connectivity index (χ1v) is 10.8. The Balaban J connectivity index is 1.96. The molecule has 2 N–H and O–H groups in total. The molecule has 0 saturated carbocycles. The van der Waals surface area contributed by atoms with Crippen LogP contribution in [0.1, 0.15) is 35.9 Å². The normalized spacial score (nSPS) is 11.6. The highest BCUT2D eigenvalue weighted by Crippen LogP contribution is 2.18. The third-order valence-corrected chi connectivity index (χ3v) is 5.71. The largest absolute Gasteiger partial charge is 0.447 e. The molecule has 0 aliphatic rings. The molecule has 0 bridgehead atoms. The van der Waals surface area contributed by atoms with Crippen molar-refractivity contribution in [3.63, 3.8) is 0 Å². The van der Waals surface area contributed by atoms with Crippen molar-refractivity contribution in [2.45, 2.75) is 45.3 Å². The molecule has 0 radical (unpaired) electrons. The fraction of sp³-hybridized carbons (Fsp3) is 0.474. The van der Waals surface area contributed by atoms with Crippen LogP contribution in [0.15, 0.2) is 35.0 Å². The molecular weight excluding hydrogens is 382 g/mol. The van der Waals surface area contributed by atoms with Gasteiger partial charge < -0.3 is 15.4 Å². The zero-order valence-electron chi connectivity index (χ0n) is 15.8. The molecule has 2 aromatic heterocycles. The summed E-state index contributed by atoms with van der Waals surface area (Å²) in [6, 6.07) is 7.51. The first-order valence-electron chi connectivity index (χ1n) is 9.07. The molecule has 1 atom stereocenters. The Labute approximate surface area is 168 Å². The fourth-order valence-corrected chi connectivity index (χ4v) is 3.97. The van der Waals surface area contributed by atoms with Crippen LogP contribution in [0.5, 0.6) is 0 Å². The van der Waals surface area contributed by atoms with E-state index in [9.17, 15) is 9.59 Å². The van der Waals surface area contributed by atoms with Crippen molar-refractivity contribution in [2.24, 2.45) is 0 Å². The first kappa shape index (κ1) is 21.2. The van der Waals surface area contributed by atoms with Gasteiger partial charge in [0.25, 0.3) is 0 Å².